The number of benzene rings is 3. The lowest BCUT2D eigenvalue weighted by atomic mass is 10.1. The van der Waals surface area contributed by atoms with Gasteiger partial charge in [-0.2, -0.15) is 0 Å². The average Bonchev–Trinajstić information content (AvgIpc) is 2.85. The fraction of sp³-hybridized carbons (Fsp3) is 0.167. The molecule has 2 amide bonds. The van der Waals surface area contributed by atoms with Crippen LogP contribution < -0.4 is 10.2 Å². The topological polar surface area (TPSA) is 69.6 Å². The van der Waals surface area contributed by atoms with Crippen molar-refractivity contribution in [2.75, 3.05) is 10.2 Å². The molecule has 3 aromatic rings. The number of carbonyl (C=O) groups excluding carboxylic acids is 2. The smallest absolute Gasteiger partial charge is 0.261 e. The minimum absolute atomic E-state index is 0.126. The van der Waals surface area contributed by atoms with Crippen LogP contribution in [0.1, 0.15) is 21.5 Å². The van der Waals surface area contributed by atoms with E-state index >= 15 is 0 Å². The molecule has 1 unspecified atom stereocenters. The first-order valence-corrected chi connectivity index (χ1v) is 11.4. The molecule has 3 aromatic carbocycles. The molecular formula is C24H16Cl3F5N2O3. The number of aliphatic hydroxyl groups excluding tert-OH is 1. The number of hydrogen-bond donors (Lipinski definition) is 2. The van der Waals surface area contributed by atoms with Gasteiger partial charge in [0.25, 0.3) is 11.8 Å². The van der Waals surface area contributed by atoms with E-state index < -0.39 is 56.4 Å². The Morgan fingerprint density at radius 1 is 0.919 bits per heavy atom. The van der Waals surface area contributed by atoms with Crippen LogP contribution in [0.2, 0.25) is 0 Å². The molecule has 0 aliphatic rings. The highest BCUT2D eigenvalue weighted by atomic mass is 35.6. The molecule has 0 aromatic heterocycles. The molecule has 0 aliphatic heterocycles. The van der Waals surface area contributed by atoms with Gasteiger partial charge in [0.15, 0.2) is 29.4 Å². The molecule has 1 atom stereocenters. The molecule has 0 heterocycles. The predicted molar refractivity (Wildman–Crippen MR) is 129 cm³/mol. The largest absolute Gasteiger partial charge is 0.379 e. The van der Waals surface area contributed by atoms with Crippen LogP contribution >= 0.6 is 34.8 Å². The number of amides is 2. The van der Waals surface area contributed by atoms with Gasteiger partial charge in [-0.1, -0.05) is 71.2 Å². The third-order valence-corrected chi connectivity index (χ3v) is 5.74. The van der Waals surface area contributed by atoms with Crippen molar-refractivity contribution in [3.05, 3.63) is 94.3 Å². The molecule has 2 N–H and O–H groups in total. The summed E-state index contributed by atoms with van der Waals surface area (Å²) in [4.78, 5) is 26.8. The highest BCUT2D eigenvalue weighted by molar-refractivity contribution is 6.69. The Labute approximate surface area is 222 Å². The highest BCUT2D eigenvalue weighted by Gasteiger charge is 2.40. The SMILES string of the molecule is Cc1ccc(NC(=O)c2c(F)c(F)c(F)c(F)c2F)c(N(Cc2ccccc2)C(=O)C(O)C(Cl)(Cl)Cl)c1. The van der Waals surface area contributed by atoms with Gasteiger partial charge in [0, 0.05) is 0 Å². The molecule has 0 fully saturated rings. The number of alkyl halides is 3. The Bertz CT molecular complexity index is 1320. The van der Waals surface area contributed by atoms with Gasteiger partial charge in [-0.25, -0.2) is 22.0 Å². The number of aliphatic hydroxyl groups is 1. The third-order valence-electron chi connectivity index (χ3n) is 5.12. The van der Waals surface area contributed by atoms with Crippen molar-refractivity contribution in [3.8, 4) is 0 Å². The second-order valence-corrected chi connectivity index (χ2v) is 10.1. The van der Waals surface area contributed by atoms with E-state index in [1.54, 1.807) is 37.3 Å². The fourth-order valence-electron chi connectivity index (χ4n) is 3.30. The first-order valence-electron chi connectivity index (χ1n) is 10.3. The van der Waals surface area contributed by atoms with Gasteiger partial charge in [0.1, 0.15) is 5.56 Å². The molecule has 13 heteroatoms. The summed E-state index contributed by atoms with van der Waals surface area (Å²) < 4.78 is 66.7. The van der Waals surface area contributed by atoms with E-state index in [0.717, 1.165) is 4.90 Å². The predicted octanol–water partition coefficient (Wildman–Crippen LogP) is 6.21. The van der Waals surface area contributed by atoms with Crippen LogP contribution in [0.3, 0.4) is 0 Å². The maximum absolute atomic E-state index is 14.2. The molecule has 0 radical (unpaired) electrons. The lowest BCUT2D eigenvalue weighted by Crippen LogP contribution is -2.45. The van der Waals surface area contributed by atoms with Gasteiger partial charge in [-0.05, 0) is 30.2 Å². The highest BCUT2D eigenvalue weighted by Crippen LogP contribution is 2.35. The molecule has 0 saturated heterocycles. The van der Waals surface area contributed by atoms with Crippen molar-refractivity contribution in [1.29, 1.82) is 0 Å². The van der Waals surface area contributed by atoms with E-state index in [-0.39, 0.29) is 17.9 Å². The molecule has 5 nitrogen and oxygen atoms in total. The standard InChI is InChI=1S/C24H16Cl3F5N2O3/c1-11-7-8-13(33-22(36)15-16(28)18(30)20(32)19(31)17(15)29)14(9-11)34(10-12-5-3-2-4-6-12)23(37)21(35)24(25,26)27/h2-9,21,35H,10H2,1H3,(H,33,36). The molecule has 196 valence electrons. The summed E-state index contributed by atoms with van der Waals surface area (Å²) in [7, 11) is 0. The summed E-state index contributed by atoms with van der Waals surface area (Å²) in [5.74, 6) is -14.5. The molecule has 37 heavy (non-hydrogen) atoms. The van der Waals surface area contributed by atoms with Gasteiger partial charge in [-0.15, -0.1) is 0 Å². The van der Waals surface area contributed by atoms with Gasteiger partial charge >= 0.3 is 0 Å². The van der Waals surface area contributed by atoms with E-state index in [0.29, 0.717) is 11.1 Å². The Kier molecular flexibility index (Phi) is 8.69. The Morgan fingerprint density at radius 3 is 2.00 bits per heavy atom. The second-order valence-electron chi connectivity index (χ2n) is 7.77. The molecule has 3 rings (SSSR count). The van der Waals surface area contributed by atoms with Crippen LogP contribution in [0.5, 0.6) is 0 Å². The van der Waals surface area contributed by atoms with Crippen molar-refractivity contribution in [2.45, 2.75) is 23.4 Å². The van der Waals surface area contributed by atoms with E-state index in [2.05, 4.69) is 5.32 Å². The Morgan fingerprint density at radius 2 is 1.46 bits per heavy atom. The zero-order valence-electron chi connectivity index (χ0n) is 18.6. The first kappa shape index (κ1) is 28.6. The monoisotopic (exact) mass is 580 g/mol. The van der Waals surface area contributed by atoms with Crippen molar-refractivity contribution in [2.24, 2.45) is 0 Å². The molecule has 0 saturated carbocycles. The maximum Gasteiger partial charge on any atom is 0.261 e. The molecule has 0 spiro atoms. The van der Waals surface area contributed by atoms with Crippen LogP contribution in [0.4, 0.5) is 33.3 Å². The van der Waals surface area contributed by atoms with Gasteiger partial charge in [0.2, 0.25) is 9.61 Å². The van der Waals surface area contributed by atoms with Crippen molar-refractivity contribution >= 4 is 58.0 Å². The third kappa shape index (κ3) is 6.15. The Balaban J connectivity index is 2.12. The minimum atomic E-state index is -2.45. The van der Waals surface area contributed by atoms with Crippen LogP contribution in [-0.4, -0.2) is 26.8 Å². The quantitative estimate of drug-likeness (QED) is 0.158. The van der Waals surface area contributed by atoms with Gasteiger partial charge < -0.3 is 15.3 Å². The summed E-state index contributed by atoms with van der Waals surface area (Å²) >= 11 is 17.1. The number of hydrogen-bond acceptors (Lipinski definition) is 3. The summed E-state index contributed by atoms with van der Waals surface area (Å²) in [6, 6.07) is 12.3. The van der Waals surface area contributed by atoms with Gasteiger partial charge in [0.05, 0.1) is 17.9 Å². The van der Waals surface area contributed by atoms with E-state index in [1.165, 1.54) is 18.2 Å². The summed E-state index contributed by atoms with van der Waals surface area (Å²) in [6.45, 7) is 1.38. The number of rotatable bonds is 6. The second kappa shape index (κ2) is 11.2. The summed E-state index contributed by atoms with van der Waals surface area (Å²) in [5.41, 5.74) is -1.07. The van der Waals surface area contributed by atoms with Crippen molar-refractivity contribution in [3.63, 3.8) is 0 Å². The normalized spacial score (nSPS) is 12.3. The zero-order valence-corrected chi connectivity index (χ0v) is 20.9. The minimum Gasteiger partial charge on any atom is -0.379 e. The fourth-order valence-corrected chi connectivity index (χ4v) is 3.58. The van der Waals surface area contributed by atoms with Gasteiger partial charge in [-0.3, -0.25) is 9.59 Å². The van der Waals surface area contributed by atoms with Crippen LogP contribution in [0.25, 0.3) is 0 Å². The molecular weight excluding hydrogens is 566 g/mol. The lowest BCUT2D eigenvalue weighted by molar-refractivity contribution is -0.126. The van der Waals surface area contributed by atoms with E-state index in [4.69, 9.17) is 34.8 Å². The first-order chi connectivity index (χ1) is 17.2. The van der Waals surface area contributed by atoms with Crippen molar-refractivity contribution < 1.29 is 36.6 Å². The average molecular weight is 582 g/mol. The number of nitrogens with one attached hydrogen (secondary N) is 1. The number of carbonyl (C=O) groups is 2. The maximum atomic E-state index is 14.2. The molecule has 0 bridgehead atoms. The van der Waals surface area contributed by atoms with Crippen molar-refractivity contribution in [1.82, 2.24) is 0 Å². The van der Waals surface area contributed by atoms with Crippen LogP contribution in [0, 0.1) is 36.0 Å². The Hall–Kier alpha value is -2.92. The summed E-state index contributed by atoms with van der Waals surface area (Å²) in [6.07, 6.45) is -2.18. The van der Waals surface area contributed by atoms with Crippen LogP contribution in [0.15, 0.2) is 48.5 Å². The number of aryl methyl sites for hydroxylation is 1. The molecule has 0 aliphatic carbocycles. The van der Waals surface area contributed by atoms with E-state index in [1.807, 2.05) is 0 Å². The lowest BCUT2D eigenvalue weighted by Gasteiger charge is -2.30. The van der Waals surface area contributed by atoms with Crippen LogP contribution in [-0.2, 0) is 11.3 Å². The van der Waals surface area contributed by atoms with E-state index in [9.17, 15) is 36.6 Å². The number of nitrogens with zero attached hydrogens (tertiary/aromatic N) is 1. The number of halogens is 8. The number of anilines is 2. The summed E-state index contributed by atoms with van der Waals surface area (Å²) in [5, 5.41) is 12.4. The zero-order chi connectivity index (χ0) is 27.7.